The van der Waals surface area contributed by atoms with E-state index in [2.05, 4.69) is 30.4 Å². The minimum atomic E-state index is -4.29. The Hall–Kier alpha value is -1.91. The number of benzene rings is 2. The van der Waals surface area contributed by atoms with Crippen LogP contribution in [0.4, 0.5) is 5.69 Å². The zero-order valence-electron chi connectivity index (χ0n) is 37.3. The number of unbranched alkanes of at least 4 members (excludes halogenated alkanes) is 2. The molecule has 0 aromatic heterocycles. The third-order valence-corrected chi connectivity index (χ3v) is 13.7. The first kappa shape index (κ1) is 56.2. The topological polar surface area (TPSA) is 221 Å². The van der Waals surface area contributed by atoms with Crippen molar-refractivity contribution in [3.8, 4) is 11.3 Å². The van der Waals surface area contributed by atoms with Crippen LogP contribution in [0.3, 0.4) is 0 Å². The van der Waals surface area contributed by atoms with Gasteiger partial charge in [-0.15, -0.1) is 0 Å². The van der Waals surface area contributed by atoms with E-state index in [1.807, 2.05) is 60.9 Å². The number of allylic oxidation sites excluding steroid dienone is 3. The SMILES string of the molecule is CC[N+](CCCS(=O)(=O)O)=c1ccc2c(C(C)(C)C)cc(/C=C/C=C3/N(CCCCCC(=O)O)c4ccc(S(=O)(=O)NCCOC)cc4C3(C)CCCS(=O)(=O)O)oc-2c1.[Na+].[Na+]. The Morgan fingerprint density at radius 1 is 0.935 bits per heavy atom. The molecule has 15 nitrogen and oxygen atoms in total. The van der Waals surface area contributed by atoms with E-state index in [9.17, 15) is 44.3 Å². The fourth-order valence-electron chi connectivity index (χ4n) is 7.63. The van der Waals surface area contributed by atoms with E-state index in [4.69, 9.17) is 9.15 Å². The van der Waals surface area contributed by atoms with E-state index in [-0.39, 0.29) is 114 Å². The molecular formula is C42H60N3Na2O12S3+3. The molecule has 2 heterocycles. The summed E-state index contributed by atoms with van der Waals surface area (Å²) in [4.78, 5) is 13.3. The standard InChI is InChI=1S/C42H59N3O12S3.2Na/c1-7-44(23-13-27-59(51,52)53)31-17-19-34-35(41(2,3)4)29-32(57-38(34)28-31)14-11-15-39-42(5,21-12-26-58(48,49)50)36-30-33(60(54,55)43-22-25-56-6)18-20-37(36)45(39)24-10-8-9-16-40(46)47;;/h11,14-15,17-20,28-30,43H,7-10,12-13,16,21-27H2,1-6H3,(H2-,46,47,48,49,50,51,52,53);;/q;2*+1/p+1. The molecule has 20 heteroatoms. The fraction of sp³-hybridized carbons (Fsp3) is 0.524. The van der Waals surface area contributed by atoms with Crippen molar-refractivity contribution in [1.29, 1.82) is 0 Å². The van der Waals surface area contributed by atoms with Gasteiger partial charge < -0.3 is 19.2 Å². The van der Waals surface area contributed by atoms with Crippen molar-refractivity contribution in [3.05, 3.63) is 82.6 Å². The number of hydrogen-bond acceptors (Lipinski definition) is 10. The molecule has 332 valence electrons. The van der Waals surface area contributed by atoms with Gasteiger partial charge in [0.15, 0.2) is 0 Å². The molecule has 0 amide bonds. The van der Waals surface area contributed by atoms with Crippen LogP contribution in [0.5, 0.6) is 0 Å². The minimum absolute atomic E-state index is 0. The second-order valence-corrected chi connectivity index (χ2v) is 21.2. The molecule has 4 N–H and O–H groups in total. The van der Waals surface area contributed by atoms with Crippen molar-refractivity contribution in [2.45, 2.75) is 95.3 Å². The summed E-state index contributed by atoms with van der Waals surface area (Å²) < 4.78 is 108. The van der Waals surface area contributed by atoms with E-state index in [0.717, 1.165) is 27.9 Å². The molecule has 1 aliphatic carbocycles. The molecule has 0 bridgehead atoms. The number of rotatable bonds is 22. The monoisotopic (exact) mass is 940 g/mol. The first-order valence-electron chi connectivity index (χ1n) is 20.1. The molecule has 0 saturated carbocycles. The summed E-state index contributed by atoms with van der Waals surface area (Å²) in [5.74, 6) is -0.570. The molecule has 1 atom stereocenters. The van der Waals surface area contributed by atoms with Crippen LogP contribution in [0.25, 0.3) is 17.4 Å². The van der Waals surface area contributed by atoms with Gasteiger partial charge in [0.25, 0.3) is 20.2 Å². The van der Waals surface area contributed by atoms with Gasteiger partial charge in [-0.05, 0) is 98.6 Å². The average molecular weight is 941 g/mol. The van der Waals surface area contributed by atoms with Crippen LogP contribution >= 0.6 is 0 Å². The maximum absolute atomic E-state index is 13.4. The van der Waals surface area contributed by atoms with Gasteiger partial charge in [0.2, 0.25) is 15.4 Å². The van der Waals surface area contributed by atoms with Crippen molar-refractivity contribution in [2.75, 3.05) is 56.3 Å². The molecule has 1 unspecified atom stereocenters. The van der Waals surface area contributed by atoms with Gasteiger partial charge in [0.1, 0.15) is 24.6 Å². The van der Waals surface area contributed by atoms with Crippen LogP contribution in [0.2, 0.25) is 0 Å². The number of anilines is 1. The number of carbonyl (C=O) groups is 1. The average Bonchev–Trinajstić information content (AvgIpc) is 3.37. The summed E-state index contributed by atoms with van der Waals surface area (Å²) in [5, 5.41) is 10.0. The maximum atomic E-state index is 13.4. The maximum Gasteiger partial charge on any atom is 1.00 e. The number of nitrogens with zero attached hydrogens (tertiary/aromatic N) is 2. The molecule has 0 radical (unpaired) electrons. The van der Waals surface area contributed by atoms with Crippen LogP contribution in [0.15, 0.2) is 69.6 Å². The van der Waals surface area contributed by atoms with E-state index < -0.39 is 47.4 Å². The molecule has 0 spiro atoms. The summed E-state index contributed by atoms with van der Waals surface area (Å²) in [5.41, 5.74) is 2.87. The number of methoxy groups -OCH3 is 1. The molecule has 0 fully saturated rings. The van der Waals surface area contributed by atoms with Crippen LogP contribution in [0, 0.1) is 0 Å². The molecule has 62 heavy (non-hydrogen) atoms. The van der Waals surface area contributed by atoms with Gasteiger partial charge in [-0.3, -0.25) is 13.9 Å². The van der Waals surface area contributed by atoms with Crippen LogP contribution in [-0.2, 0) is 50.6 Å². The Labute approximate surface area is 411 Å². The third kappa shape index (κ3) is 15.9. The van der Waals surface area contributed by atoms with Gasteiger partial charge >= 0.3 is 65.1 Å². The Kier molecular flexibility index (Phi) is 21.8. The second kappa shape index (κ2) is 24.0. The minimum Gasteiger partial charge on any atom is -0.481 e. The van der Waals surface area contributed by atoms with Crippen molar-refractivity contribution in [3.63, 3.8) is 0 Å². The number of fused-ring (bicyclic) bond motifs is 2. The van der Waals surface area contributed by atoms with Crippen molar-refractivity contribution in [2.24, 2.45) is 0 Å². The summed E-state index contributed by atoms with van der Waals surface area (Å²) in [6.45, 7) is 11.9. The number of nitrogens with one attached hydrogen (secondary N) is 1. The number of carboxylic acids is 1. The summed E-state index contributed by atoms with van der Waals surface area (Å²) in [7, 11) is -10.9. The third-order valence-electron chi connectivity index (χ3n) is 10.6. The Morgan fingerprint density at radius 3 is 2.23 bits per heavy atom. The summed E-state index contributed by atoms with van der Waals surface area (Å²) >= 11 is 0. The van der Waals surface area contributed by atoms with E-state index in [0.29, 0.717) is 56.0 Å². The Balaban J connectivity index is 0.00000661. The molecule has 1 aromatic carbocycles. The van der Waals surface area contributed by atoms with E-state index in [1.54, 1.807) is 12.1 Å². The number of aliphatic carboxylic acids is 1. The molecule has 1 aromatic rings. The van der Waals surface area contributed by atoms with Gasteiger partial charge in [0.05, 0.1) is 29.1 Å². The molecule has 0 saturated heterocycles. The van der Waals surface area contributed by atoms with Crippen LogP contribution < -0.4 is 78.7 Å². The zero-order chi connectivity index (χ0) is 44.5. The summed E-state index contributed by atoms with van der Waals surface area (Å²) in [6, 6.07) is 12.7. The van der Waals surface area contributed by atoms with Gasteiger partial charge in [0, 0.05) is 61.5 Å². The van der Waals surface area contributed by atoms with Crippen LogP contribution in [0.1, 0.15) is 96.5 Å². The first-order valence-corrected chi connectivity index (χ1v) is 24.8. The number of hydrogen-bond donors (Lipinski definition) is 4. The van der Waals surface area contributed by atoms with Gasteiger partial charge in [-0.2, -0.15) is 16.8 Å². The van der Waals surface area contributed by atoms with Gasteiger partial charge in [-0.1, -0.05) is 33.3 Å². The van der Waals surface area contributed by atoms with Crippen molar-refractivity contribution >= 4 is 48.0 Å². The predicted octanol–water partition coefficient (Wildman–Crippen LogP) is -0.327. The largest absolute Gasteiger partial charge is 1.00 e. The molecule has 4 rings (SSSR count). The number of carboxylic acid groups (broad SMARTS) is 1. The normalized spacial score (nSPS) is 17.0. The van der Waals surface area contributed by atoms with E-state index >= 15 is 0 Å². The quantitative estimate of drug-likeness (QED) is 0.0440. The number of ether oxygens (including phenoxy) is 1. The smallest absolute Gasteiger partial charge is 0.481 e. The molecular weight excluding hydrogens is 881 g/mol. The summed E-state index contributed by atoms with van der Waals surface area (Å²) in [6.07, 6.45) is 7.87. The number of sulfonamides is 1. The fourth-order valence-corrected chi connectivity index (χ4v) is 9.67. The predicted molar refractivity (Wildman–Crippen MR) is 233 cm³/mol. The van der Waals surface area contributed by atoms with Crippen molar-refractivity contribution in [1.82, 2.24) is 9.30 Å². The second-order valence-electron chi connectivity index (χ2n) is 16.3. The molecule has 2 aliphatic heterocycles. The van der Waals surface area contributed by atoms with E-state index in [1.165, 1.54) is 13.2 Å². The van der Waals surface area contributed by atoms with Crippen molar-refractivity contribution < 1.29 is 113 Å². The van der Waals surface area contributed by atoms with Crippen LogP contribution in [-0.4, -0.2) is 96.8 Å². The molecule has 3 aliphatic rings. The zero-order valence-corrected chi connectivity index (χ0v) is 43.8. The first-order chi connectivity index (χ1) is 28.0. The Bertz CT molecular complexity index is 2450. The Morgan fingerprint density at radius 2 is 1.61 bits per heavy atom. The van der Waals surface area contributed by atoms with Gasteiger partial charge in [-0.25, -0.2) is 17.7 Å².